The van der Waals surface area contributed by atoms with Gasteiger partial charge in [0.05, 0.1) is 5.69 Å². The van der Waals surface area contributed by atoms with Gasteiger partial charge in [-0.25, -0.2) is 17.6 Å². The van der Waals surface area contributed by atoms with Crippen LogP contribution in [0.5, 0.6) is 0 Å². The summed E-state index contributed by atoms with van der Waals surface area (Å²) in [5.41, 5.74) is 0.0392. The molecule has 0 atom stereocenters. The van der Waals surface area contributed by atoms with Gasteiger partial charge in [-0.3, -0.25) is 4.99 Å². The third kappa shape index (κ3) is 2.94. The molecule has 0 spiro atoms. The van der Waals surface area contributed by atoms with E-state index in [4.69, 9.17) is 0 Å². The maximum absolute atomic E-state index is 13.2. The van der Waals surface area contributed by atoms with Crippen molar-refractivity contribution in [1.82, 2.24) is 0 Å². The first kappa shape index (κ1) is 12.3. The number of nitrogens with zero attached hydrogens (tertiary/aromatic N) is 1. The predicted octanol–water partition coefficient (Wildman–Crippen LogP) is 3.99. The molecule has 0 aliphatic carbocycles. The van der Waals surface area contributed by atoms with Gasteiger partial charge < -0.3 is 0 Å². The molecule has 0 aliphatic heterocycles. The first-order valence-electron chi connectivity index (χ1n) is 5.00. The zero-order valence-electron chi connectivity index (χ0n) is 9.00. The molecular formula is C13H7F4N. The fraction of sp³-hybridized carbons (Fsp3) is 0. The number of aliphatic imine (C=N–C) groups is 1. The molecule has 0 saturated heterocycles. The average Bonchev–Trinajstić information content (AvgIpc) is 2.26. The highest BCUT2D eigenvalue weighted by molar-refractivity contribution is 5.81. The minimum absolute atomic E-state index is 0.110. The van der Waals surface area contributed by atoms with Crippen LogP contribution in [0, 0.1) is 23.3 Å². The van der Waals surface area contributed by atoms with Crippen molar-refractivity contribution in [3.05, 3.63) is 65.2 Å². The van der Waals surface area contributed by atoms with Gasteiger partial charge in [0.25, 0.3) is 0 Å². The van der Waals surface area contributed by atoms with Crippen LogP contribution in [0.2, 0.25) is 0 Å². The SMILES string of the molecule is Fc1cc(F)cc(C=Nc2ccc(F)cc2F)c1. The number of halogens is 4. The Bertz CT molecular complexity index is 588. The van der Waals surface area contributed by atoms with E-state index in [2.05, 4.69) is 4.99 Å². The fourth-order valence-electron chi connectivity index (χ4n) is 1.38. The molecule has 1 nitrogen and oxygen atoms in total. The summed E-state index contributed by atoms with van der Waals surface area (Å²) in [7, 11) is 0. The fourth-order valence-corrected chi connectivity index (χ4v) is 1.38. The van der Waals surface area contributed by atoms with Crippen molar-refractivity contribution in [2.45, 2.75) is 0 Å². The van der Waals surface area contributed by atoms with Crippen molar-refractivity contribution in [3.63, 3.8) is 0 Å². The Hall–Kier alpha value is -2.17. The van der Waals surface area contributed by atoms with Crippen molar-refractivity contribution < 1.29 is 17.6 Å². The molecule has 0 aliphatic rings. The molecule has 0 radical (unpaired) electrons. The van der Waals surface area contributed by atoms with Gasteiger partial charge >= 0.3 is 0 Å². The molecule has 92 valence electrons. The highest BCUT2D eigenvalue weighted by Gasteiger charge is 2.02. The average molecular weight is 253 g/mol. The topological polar surface area (TPSA) is 12.4 Å². The monoisotopic (exact) mass is 253 g/mol. The highest BCUT2D eigenvalue weighted by Crippen LogP contribution is 2.18. The lowest BCUT2D eigenvalue weighted by atomic mass is 10.2. The zero-order chi connectivity index (χ0) is 13.1. The molecule has 0 bridgehead atoms. The van der Waals surface area contributed by atoms with Crippen LogP contribution in [0.4, 0.5) is 23.2 Å². The van der Waals surface area contributed by atoms with Crippen LogP contribution >= 0.6 is 0 Å². The smallest absolute Gasteiger partial charge is 0.151 e. The van der Waals surface area contributed by atoms with Crippen LogP contribution in [0.3, 0.4) is 0 Å². The molecule has 0 unspecified atom stereocenters. The normalized spacial score (nSPS) is 11.1. The Morgan fingerprint density at radius 3 is 2.06 bits per heavy atom. The van der Waals surface area contributed by atoms with E-state index in [9.17, 15) is 17.6 Å². The molecule has 5 heteroatoms. The van der Waals surface area contributed by atoms with Gasteiger partial charge in [-0.05, 0) is 29.8 Å². The summed E-state index contributed by atoms with van der Waals surface area (Å²) < 4.78 is 51.6. The van der Waals surface area contributed by atoms with E-state index in [0.717, 1.165) is 36.5 Å². The zero-order valence-corrected chi connectivity index (χ0v) is 9.00. The molecule has 18 heavy (non-hydrogen) atoms. The van der Waals surface area contributed by atoms with E-state index in [1.54, 1.807) is 0 Å². The Labute approximate surface area is 100 Å². The number of hydrogen-bond donors (Lipinski definition) is 0. The second-order valence-corrected chi connectivity index (χ2v) is 3.56. The minimum Gasteiger partial charge on any atom is -0.253 e. The van der Waals surface area contributed by atoms with Gasteiger partial charge in [0.1, 0.15) is 17.5 Å². The lowest BCUT2D eigenvalue weighted by molar-refractivity contribution is 0.583. The Morgan fingerprint density at radius 1 is 0.778 bits per heavy atom. The Kier molecular flexibility index (Phi) is 3.41. The second-order valence-electron chi connectivity index (χ2n) is 3.56. The molecule has 2 aromatic rings. The molecule has 0 N–H and O–H groups in total. The van der Waals surface area contributed by atoms with Crippen LogP contribution in [-0.2, 0) is 0 Å². The first-order valence-corrected chi connectivity index (χ1v) is 5.00. The summed E-state index contributed by atoms with van der Waals surface area (Å²) in [5, 5.41) is 0. The van der Waals surface area contributed by atoms with E-state index in [0.29, 0.717) is 6.07 Å². The highest BCUT2D eigenvalue weighted by atomic mass is 19.1. The van der Waals surface area contributed by atoms with Gasteiger partial charge in [0.15, 0.2) is 5.82 Å². The summed E-state index contributed by atoms with van der Waals surface area (Å²) in [6.45, 7) is 0. The summed E-state index contributed by atoms with van der Waals surface area (Å²) >= 11 is 0. The third-order valence-corrected chi connectivity index (χ3v) is 2.15. The summed E-state index contributed by atoms with van der Waals surface area (Å²) in [6, 6.07) is 5.68. The predicted molar refractivity (Wildman–Crippen MR) is 60.0 cm³/mol. The van der Waals surface area contributed by atoms with E-state index in [1.165, 1.54) is 0 Å². The molecule has 2 aromatic carbocycles. The maximum atomic E-state index is 13.2. The van der Waals surface area contributed by atoms with E-state index in [1.807, 2.05) is 0 Å². The first-order chi connectivity index (χ1) is 8.54. The van der Waals surface area contributed by atoms with Gasteiger partial charge in [-0.2, -0.15) is 0 Å². The summed E-state index contributed by atoms with van der Waals surface area (Å²) in [5.74, 6) is -3.07. The maximum Gasteiger partial charge on any atom is 0.151 e. The number of benzene rings is 2. The molecule has 0 saturated carbocycles. The summed E-state index contributed by atoms with van der Waals surface area (Å²) in [6.07, 6.45) is 1.10. The van der Waals surface area contributed by atoms with Crippen LogP contribution in [0.25, 0.3) is 0 Å². The lowest BCUT2D eigenvalue weighted by Crippen LogP contribution is -1.87. The van der Waals surface area contributed by atoms with Crippen molar-refractivity contribution >= 4 is 11.9 Å². The van der Waals surface area contributed by atoms with Crippen LogP contribution in [-0.4, -0.2) is 6.21 Å². The molecular weight excluding hydrogens is 246 g/mol. The van der Waals surface area contributed by atoms with E-state index >= 15 is 0 Å². The molecule has 0 amide bonds. The molecule has 0 heterocycles. The molecule has 2 rings (SSSR count). The van der Waals surface area contributed by atoms with Crippen molar-refractivity contribution in [3.8, 4) is 0 Å². The van der Waals surface area contributed by atoms with Gasteiger partial charge in [0, 0.05) is 18.3 Å². The largest absolute Gasteiger partial charge is 0.253 e. The van der Waals surface area contributed by atoms with Crippen molar-refractivity contribution in [1.29, 1.82) is 0 Å². The Morgan fingerprint density at radius 2 is 1.44 bits per heavy atom. The van der Waals surface area contributed by atoms with Crippen LogP contribution < -0.4 is 0 Å². The lowest BCUT2D eigenvalue weighted by Gasteiger charge is -1.97. The summed E-state index contributed by atoms with van der Waals surface area (Å²) in [4.78, 5) is 3.70. The minimum atomic E-state index is -0.844. The van der Waals surface area contributed by atoms with E-state index in [-0.39, 0.29) is 11.3 Å². The number of rotatable bonds is 2. The van der Waals surface area contributed by atoms with Crippen molar-refractivity contribution in [2.75, 3.05) is 0 Å². The second kappa shape index (κ2) is 5.00. The molecule has 0 fully saturated rings. The van der Waals surface area contributed by atoms with Gasteiger partial charge in [0.2, 0.25) is 0 Å². The van der Waals surface area contributed by atoms with Gasteiger partial charge in [-0.1, -0.05) is 0 Å². The van der Waals surface area contributed by atoms with E-state index < -0.39 is 23.3 Å². The quantitative estimate of drug-likeness (QED) is 0.566. The van der Waals surface area contributed by atoms with Crippen molar-refractivity contribution in [2.24, 2.45) is 4.99 Å². The van der Waals surface area contributed by atoms with Gasteiger partial charge in [-0.15, -0.1) is 0 Å². The Balaban J connectivity index is 2.29. The molecule has 0 aromatic heterocycles. The standard InChI is InChI=1S/C13H7F4N/c14-9-1-2-13(12(17)6-9)18-7-8-3-10(15)5-11(16)4-8/h1-7H. The number of hydrogen-bond acceptors (Lipinski definition) is 1. The van der Waals surface area contributed by atoms with Crippen LogP contribution in [0.1, 0.15) is 5.56 Å². The third-order valence-electron chi connectivity index (χ3n) is 2.15. The van der Waals surface area contributed by atoms with Crippen LogP contribution in [0.15, 0.2) is 41.4 Å².